The maximum absolute atomic E-state index is 13.6. The summed E-state index contributed by atoms with van der Waals surface area (Å²) in [6.07, 6.45) is 0.321. The van der Waals surface area contributed by atoms with Crippen LogP contribution in [0.2, 0.25) is 0 Å². The number of fused-ring (bicyclic) bond motifs is 4. The molecule has 0 spiro atoms. The predicted molar refractivity (Wildman–Crippen MR) is 149 cm³/mol. The maximum Gasteiger partial charge on any atom is 0.352 e. The Labute approximate surface area is 239 Å². The molecule has 3 aliphatic rings. The van der Waals surface area contributed by atoms with E-state index in [1.807, 2.05) is 36.4 Å². The maximum atomic E-state index is 13.6. The van der Waals surface area contributed by atoms with Crippen molar-refractivity contribution in [3.05, 3.63) is 99.1 Å². The van der Waals surface area contributed by atoms with Crippen LogP contribution in [0.3, 0.4) is 0 Å². The molecule has 13 heteroatoms. The number of rotatable bonds is 8. The molecule has 2 fully saturated rings. The van der Waals surface area contributed by atoms with E-state index in [9.17, 15) is 19.8 Å². The van der Waals surface area contributed by atoms with Crippen LogP contribution >= 0.6 is 0 Å². The first kappa shape index (κ1) is 26.6. The van der Waals surface area contributed by atoms with Crippen LogP contribution in [0.25, 0.3) is 5.69 Å². The van der Waals surface area contributed by atoms with E-state index in [2.05, 4.69) is 15.5 Å². The third-order valence-electron chi connectivity index (χ3n) is 8.46. The Hall–Kier alpha value is -4.33. The van der Waals surface area contributed by atoms with Gasteiger partial charge >= 0.3 is 11.4 Å². The van der Waals surface area contributed by atoms with Gasteiger partial charge in [0, 0.05) is 12.5 Å². The minimum Gasteiger partial charge on any atom is -0.394 e. The summed E-state index contributed by atoms with van der Waals surface area (Å²) in [7, 11) is 0. The molecule has 0 unspecified atom stereocenters. The van der Waals surface area contributed by atoms with Crippen LogP contribution in [0.5, 0.6) is 0 Å². The summed E-state index contributed by atoms with van der Waals surface area (Å²) >= 11 is 0. The number of benzene rings is 2. The number of aliphatic hydroxyl groups excluding tert-OH is 2. The highest BCUT2D eigenvalue weighted by Gasteiger charge is 2.61. The van der Waals surface area contributed by atoms with Gasteiger partial charge in [-0.3, -0.25) is 0 Å². The fraction of sp³-hybridized carbons (Fsp3) is 0.414. The third kappa shape index (κ3) is 4.40. The van der Waals surface area contributed by atoms with E-state index >= 15 is 0 Å². The minimum atomic E-state index is -0.980. The summed E-state index contributed by atoms with van der Waals surface area (Å²) in [5.74, 6) is -0.361. The second kappa shape index (κ2) is 10.5. The van der Waals surface area contributed by atoms with E-state index in [1.165, 1.54) is 9.36 Å². The van der Waals surface area contributed by atoms with Gasteiger partial charge in [0.1, 0.15) is 24.0 Å². The Morgan fingerprint density at radius 1 is 1.10 bits per heavy atom. The Balaban J connectivity index is 1.13. The van der Waals surface area contributed by atoms with Gasteiger partial charge in [0.25, 0.3) is 0 Å². The lowest BCUT2D eigenvalue weighted by atomic mass is 9.78. The van der Waals surface area contributed by atoms with Crippen molar-refractivity contribution >= 4 is 5.71 Å². The highest BCUT2D eigenvalue weighted by Crippen LogP contribution is 2.46. The zero-order valence-electron chi connectivity index (χ0n) is 22.9. The number of aromatic nitrogens is 6. The second-order valence-corrected chi connectivity index (χ2v) is 11.0. The SMILES string of the molecule is C[C@@H](ON=C1[C@H]2CCn3c(=O)n(-c4ccccc4)c(=O)n3[C@H]2[C@H](O)[C@@H]2O[C@H]12)c1cn([C@H](CO)Cc2ccccc2)nn1. The molecule has 7 atom stereocenters. The molecule has 2 aliphatic heterocycles. The van der Waals surface area contributed by atoms with Gasteiger partial charge in [0.05, 0.1) is 36.3 Å². The lowest BCUT2D eigenvalue weighted by molar-refractivity contribution is 0.0291. The second-order valence-electron chi connectivity index (χ2n) is 11.0. The van der Waals surface area contributed by atoms with E-state index in [1.54, 1.807) is 42.1 Å². The summed E-state index contributed by atoms with van der Waals surface area (Å²) in [6.45, 7) is 1.98. The van der Waals surface area contributed by atoms with E-state index < -0.39 is 41.8 Å². The largest absolute Gasteiger partial charge is 0.394 e. The fourth-order valence-electron chi connectivity index (χ4n) is 6.22. The molecule has 0 amide bonds. The molecule has 0 bridgehead atoms. The van der Waals surface area contributed by atoms with Crippen molar-refractivity contribution in [1.29, 1.82) is 0 Å². The molecule has 4 heterocycles. The van der Waals surface area contributed by atoms with Crippen molar-refractivity contribution in [2.24, 2.45) is 11.1 Å². The minimum absolute atomic E-state index is 0.0997. The molecule has 13 nitrogen and oxygen atoms in total. The Bertz CT molecular complexity index is 1730. The number of oxime groups is 1. The number of aliphatic hydroxyl groups is 2. The van der Waals surface area contributed by atoms with E-state index in [4.69, 9.17) is 9.57 Å². The van der Waals surface area contributed by atoms with Crippen LogP contribution in [-0.4, -0.2) is 69.8 Å². The van der Waals surface area contributed by atoms with Crippen molar-refractivity contribution in [1.82, 2.24) is 28.9 Å². The quantitative estimate of drug-likeness (QED) is 0.234. The summed E-state index contributed by atoms with van der Waals surface area (Å²) in [6, 6.07) is 17.6. The zero-order chi connectivity index (χ0) is 29.0. The van der Waals surface area contributed by atoms with Crippen molar-refractivity contribution in [2.45, 2.75) is 62.8 Å². The van der Waals surface area contributed by atoms with Gasteiger partial charge in [-0.15, -0.1) is 5.10 Å². The molecule has 4 aromatic rings. The number of para-hydroxylation sites is 1. The molecule has 2 aromatic carbocycles. The molecule has 2 aromatic heterocycles. The van der Waals surface area contributed by atoms with E-state index in [-0.39, 0.29) is 25.1 Å². The van der Waals surface area contributed by atoms with Gasteiger partial charge in [-0.1, -0.05) is 58.9 Å². The highest BCUT2D eigenvalue weighted by atomic mass is 16.6. The molecule has 1 saturated carbocycles. The van der Waals surface area contributed by atoms with Gasteiger partial charge in [-0.25, -0.2) is 28.2 Å². The smallest absolute Gasteiger partial charge is 0.352 e. The predicted octanol–water partition coefficient (Wildman–Crippen LogP) is 1.00. The number of epoxide rings is 1. The lowest BCUT2D eigenvalue weighted by Crippen LogP contribution is -2.53. The van der Waals surface area contributed by atoms with Crippen LogP contribution < -0.4 is 11.4 Å². The number of nitrogens with zero attached hydrogens (tertiary/aromatic N) is 7. The molecular formula is C29H31N7O6. The first-order valence-corrected chi connectivity index (χ1v) is 14.1. The zero-order valence-corrected chi connectivity index (χ0v) is 22.9. The summed E-state index contributed by atoms with van der Waals surface area (Å²) in [5.41, 5.74) is 1.72. The standard InChI is InChI=1S/C29H31N7O6/c1-17(22-15-33(32-30-22)20(16-37)14-18-8-4-2-5-9-18)42-31-23-21-12-13-34-28(39)35(19-10-6-3-7-11-19)29(40)36(34)24(21)25(38)27-26(23)41-27/h2-11,15,17,20-21,24-27,37-38H,12-14,16H2,1H3/t17-,20+,21-,24-,25+,26-,27+/m1/s1. The number of hydrogen-bond donors (Lipinski definition) is 2. The summed E-state index contributed by atoms with van der Waals surface area (Å²) < 4.78 is 11.3. The molecule has 218 valence electrons. The van der Waals surface area contributed by atoms with Gasteiger partial charge < -0.3 is 19.8 Å². The van der Waals surface area contributed by atoms with Crippen molar-refractivity contribution in [2.75, 3.05) is 6.61 Å². The summed E-state index contributed by atoms with van der Waals surface area (Å²) in [5, 5.41) is 34.1. The van der Waals surface area contributed by atoms with Crippen LogP contribution in [0.1, 0.15) is 42.8 Å². The topological polar surface area (TPSA) is 154 Å². The lowest BCUT2D eigenvalue weighted by Gasteiger charge is -2.38. The Morgan fingerprint density at radius 3 is 2.57 bits per heavy atom. The Morgan fingerprint density at radius 2 is 1.83 bits per heavy atom. The number of hydrogen-bond acceptors (Lipinski definition) is 9. The normalized spacial score (nSPS) is 26.6. The van der Waals surface area contributed by atoms with E-state index in [0.717, 1.165) is 10.1 Å². The third-order valence-corrected chi connectivity index (χ3v) is 8.46. The van der Waals surface area contributed by atoms with Gasteiger partial charge in [-0.05, 0) is 37.5 Å². The van der Waals surface area contributed by atoms with Crippen LogP contribution in [-0.2, 0) is 22.5 Å². The monoisotopic (exact) mass is 573 g/mol. The average Bonchev–Trinajstić information content (AvgIpc) is 3.59. The van der Waals surface area contributed by atoms with Crippen molar-refractivity contribution in [3.63, 3.8) is 0 Å². The first-order valence-electron chi connectivity index (χ1n) is 14.1. The fourth-order valence-corrected chi connectivity index (χ4v) is 6.22. The number of ether oxygens (including phenoxy) is 1. The van der Waals surface area contributed by atoms with Crippen LogP contribution in [0.15, 0.2) is 81.6 Å². The molecule has 1 aliphatic carbocycles. The van der Waals surface area contributed by atoms with Crippen LogP contribution in [0.4, 0.5) is 0 Å². The molecule has 1 saturated heterocycles. The molecule has 42 heavy (non-hydrogen) atoms. The van der Waals surface area contributed by atoms with Gasteiger partial charge in [0.15, 0.2) is 6.10 Å². The summed E-state index contributed by atoms with van der Waals surface area (Å²) in [4.78, 5) is 32.7. The van der Waals surface area contributed by atoms with Gasteiger partial charge in [-0.2, -0.15) is 0 Å². The molecule has 7 rings (SSSR count). The van der Waals surface area contributed by atoms with Crippen LogP contribution in [0, 0.1) is 5.92 Å². The highest BCUT2D eigenvalue weighted by molar-refractivity contribution is 5.94. The first-order chi connectivity index (χ1) is 20.5. The Kier molecular flexibility index (Phi) is 6.64. The average molecular weight is 574 g/mol. The van der Waals surface area contributed by atoms with Crippen molar-refractivity contribution < 1.29 is 19.8 Å². The van der Waals surface area contributed by atoms with Gasteiger partial charge in [0.2, 0.25) is 0 Å². The molecule has 0 radical (unpaired) electrons. The van der Waals surface area contributed by atoms with E-state index in [0.29, 0.717) is 29.9 Å². The molecular weight excluding hydrogens is 542 g/mol. The molecule has 2 N–H and O–H groups in total. The van der Waals surface area contributed by atoms with Crippen molar-refractivity contribution in [3.8, 4) is 5.69 Å².